The molecule has 1 heterocycles. The molecule has 0 saturated carbocycles. The highest BCUT2D eigenvalue weighted by Crippen LogP contribution is 2.34. The van der Waals surface area contributed by atoms with Crippen molar-refractivity contribution < 1.29 is 9.90 Å². The van der Waals surface area contributed by atoms with E-state index in [1.807, 2.05) is 72.8 Å². The molecule has 3 aromatic carbocycles. The van der Waals surface area contributed by atoms with Gasteiger partial charge in [0.25, 0.3) is 0 Å². The zero-order valence-electron chi connectivity index (χ0n) is 17.2. The maximum atomic E-state index is 11.0. The van der Waals surface area contributed by atoms with Crippen molar-refractivity contribution in [2.45, 2.75) is 12.8 Å². The number of benzene rings is 3. The fourth-order valence-electron chi connectivity index (χ4n) is 3.25. The Bertz CT molecular complexity index is 988. The number of hydrogen-bond donors (Lipinski definition) is 2. The van der Waals surface area contributed by atoms with Crippen LogP contribution in [0.25, 0.3) is 6.08 Å². The summed E-state index contributed by atoms with van der Waals surface area (Å²) < 4.78 is 0. The van der Waals surface area contributed by atoms with Gasteiger partial charge in [0, 0.05) is 17.1 Å². The van der Waals surface area contributed by atoms with Crippen LogP contribution in [0.5, 0.6) is 0 Å². The lowest BCUT2D eigenvalue weighted by Crippen LogP contribution is -2.09. The maximum Gasteiger partial charge on any atom is 0.346 e. The molecule has 0 bridgehead atoms. The zero-order chi connectivity index (χ0) is 21.9. The second kappa shape index (κ2) is 11.3. The molecule has 5 heteroatoms. The minimum absolute atomic E-state index is 0.291. The number of hydrogen-bond acceptors (Lipinski definition) is 4. The average molecular weight is 412 g/mol. The summed E-state index contributed by atoms with van der Waals surface area (Å²) in [4.78, 5) is 13.1. The first-order valence-corrected chi connectivity index (χ1v) is 10.2. The number of carboxylic acid groups (broad SMARTS) is 1. The van der Waals surface area contributed by atoms with Crippen molar-refractivity contribution in [3.8, 4) is 6.07 Å². The van der Waals surface area contributed by atoms with Crippen molar-refractivity contribution in [3.05, 3.63) is 96.1 Å². The van der Waals surface area contributed by atoms with Crippen LogP contribution in [-0.2, 0) is 4.79 Å². The molecule has 4 rings (SSSR count). The van der Waals surface area contributed by atoms with Gasteiger partial charge in [-0.3, -0.25) is 0 Å². The molecule has 0 amide bonds. The second-order valence-electron chi connectivity index (χ2n) is 7.03. The van der Waals surface area contributed by atoms with Gasteiger partial charge in [-0.05, 0) is 74.0 Å². The van der Waals surface area contributed by atoms with E-state index in [-0.39, 0.29) is 5.57 Å². The Morgan fingerprint density at radius 2 is 1.32 bits per heavy atom. The van der Waals surface area contributed by atoms with Gasteiger partial charge < -0.3 is 15.3 Å². The number of para-hydroxylation sites is 2. The molecular formula is C26H25N3O2. The van der Waals surface area contributed by atoms with E-state index in [0.717, 1.165) is 17.1 Å². The van der Waals surface area contributed by atoms with E-state index in [1.165, 1.54) is 32.0 Å². The molecule has 0 atom stereocenters. The van der Waals surface area contributed by atoms with Crippen LogP contribution in [-0.4, -0.2) is 24.2 Å². The van der Waals surface area contributed by atoms with Crippen molar-refractivity contribution in [1.29, 1.82) is 5.26 Å². The molecule has 0 radical (unpaired) electrons. The Kier molecular flexibility index (Phi) is 7.98. The number of carbonyl (C=O) groups is 1. The van der Waals surface area contributed by atoms with Crippen LogP contribution in [0.15, 0.2) is 90.5 Å². The van der Waals surface area contributed by atoms with E-state index in [0.29, 0.717) is 5.56 Å². The largest absolute Gasteiger partial charge is 0.477 e. The van der Waals surface area contributed by atoms with Crippen molar-refractivity contribution >= 4 is 29.1 Å². The Labute approximate surface area is 182 Å². The Morgan fingerprint density at radius 1 is 0.839 bits per heavy atom. The number of nitrogens with zero attached hydrogens (tertiary/aromatic N) is 2. The third-order valence-electron chi connectivity index (χ3n) is 4.80. The highest BCUT2D eigenvalue weighted by atomic mass is 16.4. The molecule has 31 heavy (non-hydrogen) atoms. The van der Waals surface area contributed by atoms with Gasteiger partial charge in [-0.15, -0.1) is 0 Å². The molecule has 0 unspecified atom stereocenters. The Hall–Kier alpha value is -3.88. The van der Waals surface area contributed by atoms with E-state index >= 15 is 0 Å². The first-order chi connectivity index (χ1) is 15.2. The van der Waals surface area contributed by atoms with Gasteiger partial charge in [-0.2, -0.15) is 5.26 Å². The molecule has 2 N–H and O–H groups in total. The molecule has 0 aliphatic carbocycles. The molecule has 1 aliphatic rings. The van der Waals surface area contributed by atoms with Crippen LogP contribution < -0.4 is 10.2 Å². The highest BCUT2D eigenvalue weighted by molar-refractivity contribution is 5.96. The molecule has 1 saturated heterocycles. The number of aliphatic carboxylic acids is 1. The monoisotopic (exact) mass is 411 g/mol. The molecule has 156 valence electrons. The van der Waals surface area contributed by atoms with Crippen molar-refractivity contribution in [2.24, 2.45) is 0 Å². The molecule has 0 aromatic heterocycles. The minimum Gasteiger partial charge on any atom is -0.477 e. The van der Waals surface area contributed by atoms with Crippen molar-refractivity contribution in [1.82, 2.24) is 5.32 Å². The lowest BCUT2D eigenvalue weighted by molar-refractivity contribution is -0.132. The quantitative estimate of drug-likeness (QED) is 0.427. The second-order valence-corrected chi connectivity index (χ2v) is 7.03. The summed E-state index contributed by atoms with van der Waals surface area (Å²) in [6.07, 6.45) is 4.14. The lowest BCUT2D eigenvalue weighted by Gasteiger charge is -2.25. The first-order valence-electron chi connectivity index (χ1n) is 10.2. The van der Waals surface area contributed by atoms with E-state index in [4.69, 9.17) is 10.4 Å². The summed E-state index contributed by atoms with van der Waals surface area (Å²) >= 11 is 0. The summed E-state index contributed by atoms with van der Waals surface area (Å²) in [6.45, 7) is 2.50. The van der Waals surface area contributed by atoms with Gasteiger partial charge in [0.05, 0.1) is 0 Å². The number of carboxylic acids is 1. The van der Waals surface area contributed by atoms with Crippen LogP contribution in [0.4, 0.5) is 17.1 Å². The normalized spacial score (nSPS) is 12.9. The summed E-state index contributed by atoms with van der Waals surface area (Å²) in [5, 5.41) is 21.1. The third-order valence-corrected chi connectivity index (χ3v) is 4.80. The fraction of sp³-hybridized carbons (Fsp3) is 0.154. The van der Waals surface area contributed by atoms with Crippen molar-refractivity contribution in [3.63, 3.8) is 0 Å². The minimum atomic E-state index is -1.23. The van der Waals surface area contributed by atoms with Gasteiger partial charge in [0.2, 0.25) is 0 Å². The topological polar surface area (TPSA) is 76.4 Å². The van der Waals surface area contributed by atoms with Gasteiger partial charge in [-0.1, -0.05) is 48.5 Å². The van der Waals surface area contributed by atoms with E-state index < -0.39 is 5.97 Å². The smallest absolute Gasteiger partial charge is 0.346 e. The van der Waals surface area contributed by atoms with Crippen LogP contribution in [0, 0.1) is 11.3 Å². The highest BCUT2D eigenvalue weighted by Gasteiger charge is 2.12. The summed E-state index contributed by atoms with van der Waals surface area (Å²) in [6, 6.07) is 29.1. The molecule has 3 aromatic rings. The zero-order valence-corrected chi connectivity index (χ0v) is 17.2. The molecule has 5 nitrogen and oxygen atoms in total. The van der Waals surface area contributed by atoms with E-state index in [2.05, 4.69) is 10.2 Å². The number of rotatable bonds is 5. The summed E-state index contributed by atoms with van der Waals surface area (Å²) in [5.74, 6) is -1.23. The third kappa shape index (κ3) is 6.30. The SMILES string of the molecule is C1CCNC1.N#C/C(=C\c1ccc(N(c2ccccc2)c2ccccc2)cc1)C(=O)O. The average Bonchev–Trinajstić information content (AvgIpc) is 3.40. The molecular weight excluding hydrogens is 386 g/mol. The lowest BCUT2D eigenvalue weighted by atomic mass is 10.1. The predicted molar refractivity (Wildman–Crippen MR) is 124 cm³/mol. The van der Waals surface area contributed by atoms with Gasteiger partial charge in [-0.25, -0.2) is 4.79 Å². The van der Waals surface area contributed by atoms with Crippen LogP contribution >= 0.6 is 0 Å². The maximum absolute atomic E-state index is 11.0. The number of nitrogens with one attached hydrogen (secondary N) is 1. The van der Waals surface area contributed by atoms with Crippen LogP contribution in [0.3, 0.4) is 0 Å². The molecule has 0 spiro atoms. The van der Waals surface area contributed by atoms with Crippen molar-refractivity contribution in [2.75, 3.05) is 18.0 Å². The number of anilines is 3. The van der Waals surface area contributed by atoms with Crippen LogP contribution in [0.2, 0.25) is 0 Å². The number of nitriles is 1. The van der Waals surface area contributed by atoms with E-state index in [1.54, 1.807) is 18.2 Å². The first kappa shape index (κ1) is 21.8. The van der Waals surface area contributed by atoms with Crippen LogP contribution in [0.1, 0.15) is 18.4 Å². The Balaban J connectivity index is 0.000000478. The Morgan fingerprint density at radius 3 is 1.71 bits per heavy atom. The van der Waals surface area contributed by atoms with E-state index in [9.17, 15) is 4.79 Å². The van der Waals surface area contributed by atoms with Gasteiger partial charge >= 0.3 is 5.97 Å². The molecule has 1 fully saturated rings. The fourth-order valence-corrected chi connectivity index (χ4v) is 3.25. The summed E-state index contributed by atoms with van der Waals surface area (Å²) in [7, 11) is 0. The van der Waals surface area contributed by atoms with Gasteiger partial charge in [0.15, 0.2) is 0 Å². The standard InChI is InChI=1S/C22H16N2O2.C4H9N/c23-16-18(22(25)26)15-17-11-13-21(14-12-17)24(19-7-3-1-4-8-19)20-9-5-2-6-10-20;1-2-4-5-3-1/h1-15H,(H,25,26);5H,1-4H2/b18-15+;. The summed E-state index contributed by atoms with van der Waals surface area (Å²) in [5.41, 5.74) is 3.35. The van der Waals surface area contributed by atoms with Gasteiger partial charge in [0.1, 0.15) is 11.6 Å². The molecule has 1 aliphatic heterocycles. The predicted octanol–water partition coefficient (Wildman–Crippen LogP) is 5.52.